The van der Waals surface area contributed by atoms with Crippen LogP contribution in [0, 0.1) is 27.7 Å². The summed E-state index contributed by atoms with van der Waals surface area (Å²) in [6, 6.07) is 2.02. The van der Waals surface area contributed by atoms with Crippen LogP contribution in [0.3, 0.4) is 0 Å². The fourth-order valence-electron chi connectivity index (χ4n) is 1.99. The van der Waals surface area contributed by atoms with Crippen molar-refractivity contribution in [2.75, 3.05) is 0 Å². The summed E-state index contributed by atoms with van der Waals surface area (Å²) in [5, 5.41) is 0. The van der Waals surface area contributed by atoms with Gasteiger partial charge in [-0.2, -0.15) is 0 Å². The molecule has 0 aliphatic rings. The van der Waals surface area contributed by atoms with Crippen LogP contribution >= 0.6 is 0 Å². The highest BCUT2D eigenvalue weighted by atomic mass is 16.2. The van der Waals surface area contributed by atoms with E-state index in [1.807, 2.05) is 33.8 Å². The van der Waals surface area contributed by atoms with Crippen molar-refractivity contribution >= 4 is 17.3 Å². The standard InChI is InChI=1S/C15H18O3/c1-8-6-9(2)11(4)15(10(8)3)14(18)7-13(17)12(5)16/h6H,7H2,1-5H3. The number of rotatable bonds is 4. The number of benzene rings is 1. The first-order valence-electron chi connectivity index (χ1n) is 5.90. The van der Waals surface area contributed by atoms with Crippen LogP contribution in [-0.4, -0.2) is 17.3 Å². The van der Waals surface area contributed by atoms with Gasteiger partial charge in [-0.1, -0.05) is 6.07 Å². The normalized spacial score (nSPS) is 10.3. The molecule has 0 N–H and O–H groups in total. The molecule has 0 bridgehead atoms. The van der Waals surface area contributed by atoms with E-state index in [2.05, 4.69) is 0 Å². The molecule has 0 saturated heterocycles. The molecule has 0 unspecified atom stereocenters. The van der Waals surface area contributed by atoms with Crippen molar-refractivity contribution < 1.29 is 14.4 Å². The van der Waals surface area contributed by atoms with Gasteiger partial charge in [-0.3, -0.25) is 14.4 Å². The van der Waals surface area contributed by atoms with E-state index in [0.29, 0.717) is 5.56 Å². The van der Waals surface area contributed by atoms with Crippen molar-refractivity contribution in [2.24, 2.45) is 0 Å². The lowest BCUT2D eigenvalue weighted by molar-refractivity contribution is -0.134. The Labute approximate surface area is 107 Å². The summed E-state index contributed by atoms with van der Waals surface area (Å²) < 4.78 is 0. The number of carbonyl (C=O) groups is 3. The molecule has 0 aromatic heterocycles. The van der Waals surface area contributed by atoms with Crippen molar-refractivity contribution in [3.05, 3.63) is 33.9 Å². The third kappa shape index (κ3) is 2.73. The van der Waals surface area contributed by atoms with Crippen LogP contribution in [0.25, 0.3) is 0 Å². The number of hydrogen-bond donors (Lipinski definition) is 0. The highest BCUT2D eigenvalue weighted by Gasteiger charge is 2.20. The van der Waals surface area contributed by atoms with Gasteiger partial charge in [0.2, 0.25) is 5.78 Å². The first-order chi connectivity index (χ1) is 8.25. The predicted molar refractivity (Wildman–Crippen MR) is 70.0 cm³/mol. The van der Waals surface area contributed by atoms with Crippen LogP contribution in [0.4, 0.5) is 0 Å². The smallest absolute Gasteiger partial charge is 0.205 e. The summed E-state index contributed by atoms with van der Waals surface area (Å²) in [5.41, 5.74) is 4.41. The molecular formula is C15H18O3. The van der Waals surface area contributed by atoms with Crippen LogP contribution in [0.5, 0.6) is 0 Å². The van der Waals surface area contributed by atoms with E-state index in [1.54, 1.807) is 0 Å². The topological polar surface area (TPSA) is 51.2 Å². The van der Waals surface area contributed by atoms with Gasteiger partial charge >= 0.3 is 0 Å². The fourth-order valence-corrected chi connectivity index (χ4v) is 1.99. The summed E-state index contributed by atoms with van der Waals surface area (Å²) in [6.45, 7) is 8.80. The van der Waals surface area contributed by atoms with Gasteiger partial charge in [0, 0.05) is 12.5 Å². The molecule has 0 aliphatic carbocycles. The predicted octanol–water partition coefficient (Wildman–Crippen LogP) is 2.65. The van der Waals surface area contributed by atoms with Crippen molar-refractivity contribution in [3.8, 4) is 0 Å². The molecule has 3 heteroatoms. The van der Waals surface area contributed by atoms with Crippen molar-refractivity contribution in [1.82, 2.24) is 0 Å². The number of aryl methyl sites for hydroxylation is 2. The minimum atomic E-state index is -0.627. The Morgan fingerprint density at radius 2 is 1.39 bits per heavy atom. The van der Waals surface area contributed by atoms with Crippen LogP contribution in [0.1, 0.15) is 46.0 Å². The van der Waals surface area contributed by atoms with E-state index in [4.69, 9.17) is 0 Å². The second-order valence-corrected chi connectivity index (χ2v) is 4.71. The van der Waals surface area contributed by atoms with E-state index in [-0.39, 0.29) is 12.2 Å². The molecule has 0 amide bonds. The largest absolute Gasteiger partial charge is 0.294 e. The second kappa shape index (κ2) is 5.25. The van der Waals surface area contributed by atoms with Crippen LogP contribution in [0.2, 0.25) is 0 Å². The zero-order valence-corrected chi connectivity index (χ0v) is 11.5. The second-order valence-electron chi connectivity index (χ2n) is 4.71. The first kappa shape index (κ1) is 14.3. The summed E-state index contributed by atoms with van der Waals surface area (Å²) in [6.07, 6.45) is -0.333. The van der Waals surface area contributed by atoms with Crippen LogP contribution in [-0.2, 0) is 9.59 Å². The number of ketones is 3. The molecule has 0 aliphatic heterocycles. The van der Waals surface area contributed by atoms with Gasteiger partial charge in [0.05, 0.1) is 6.42 Å². The summed E-state index contributed by atoms with van der Waals surface area (Å²) in [4.78, 5) is 34.4. The third-order valence-electron chi connectivity index (χ3n) is 3.36. The lowest BCUT2D eigenvalue weighted by Gasteiger charge is -2.13. The molecule has 0 spiro atoms. The Balaban J connectivity index is 3.21. The minimum Gasteiger partial charge on any atom is -0.294 e. The number of hydrogen-bond acceptors (Lipinski definition) is 3. The monoisotopic (exact) mass is 246 g/mol. The number of carbonyl (C=O) groups excluding carboxylic acids is 3. The SMILES string of the molecule is CC(=O)C(=O)CC(=O)c1c(C)c(C)cc(C)c1C. The zero-order valence-electron chi connectivity index (χ0n) is 11.5. The van der Waals surface area contributed by atoms with E-state index >= 15 is 0 Å². The zero-order chi connectivity index (χ0) is 14.0. The summed E-state index contributed by atoms with van der Waals surface area (Å²) in [7, 11) is 0. The summed E-state index contributed by atoms with van der Waals surface area (Å²) in [5.74, 6) is -1.46. The van der Waals surface area contributed by atoms with Gasteiger partial charge in [0.15, 0.2) is 11.6 Å². The highest BCUT2D eigenvalue weighted by molar-refractivity contribution is 6.40. The lowest BCUT2D eigenvalue weighted by Crippen LogP contribution is -2.17. The molecule has 0 heterocycles. The van der Waals surface area contributed by atoms with Gasteiger partial charge in [-0.05, 0) is 49.9 Å². The quantitative estimate of drug-likeness (QED) is 0.466. The Morgan fingerprint density at radius 1 is 0.944 bits per heavy atom. The van der Waals surface area contributed by atoms with Gasteiger partial charge in [0.1, 0.15) is 0 Å². The van der Waals surface area contributed by atoms with Crippen molar-refractivity contribution in [2.45, 2.75) is 41.0 Å². The van der Waals surface area contributed by atoms with Crippen LogP contribution in [0.15, 0.2) is 6.07 Å². The van der Waals surface area contributed by atoms with E-state index < -0.39 is 11.6 Å². The Hall–Kier alpha value is -1.77. The molecule has 18 heavy (non-hydrogen) atoms. The maximum Gasteiger partial charge on any atom is 0.205 e. The van der Waals surface area contributed by atoms with E-state index in [9.17, 15) is 14.4 Å². The molecule has 0 radical (unpaired) electrons. The molecular weight excluding hydrogens is 228 g/mol. The molecule has 0 atom stereocenters. The van der Waals surface area contributed by atoms with Gasteiger partial charge < -0.3 is 0 Å². The van der Waals surface area contributed by atoms with E-state index in [0.717, 1.165) is 22.3 Å². The average Bonchev–Trinajstić information content (AvgIpc) is 2.26. The van der Waals surface area contributed by atoms with E-state index in [1.165, 1.54) is 6.92 Å². The highest BCUT2D eigenvalue weighted by Crippen LogP contribution is 2.23. The molecule has 96 valence electrons. The molecule has 0 saturated carbocycles. The van der Waals surface area contributed by atoms with Gasteiger partial charge in [-0.15, -0.1) is 0 Å². The Morgan fingerprint density at radius 3 is 1.78 bits per heavy atom. The lowest BCUT2D eigenvalue weighted by atomic mass is 9.90. The summed E-state index contributed by atoms with van der Waals surface area (Å²) >= 11 is 0. The molecule has 3 nitrogen and oxygen atoms in total. The minimum absolute atomic E-state index is 0.267. The van der Waals surface area contributed by atoms with Gasteiger partial charge in [-0.25, -0.2) is 0 Å². The van der Waals surface area contributed by atoms with Gasteiger partial charge in [0.25, 0.3) is 0 Å². The average molecular weight is 246 g/mol. The third-order valence-corrected chi connectivity index (χ3v) is 3.36. The van der Waals surface area contributed by atoms with Crippen molar-refractivity contribution in [1.29, 1.82) is 0 Å². The maximum absolute atomic E-state index is 12.1. The molecule has 1 rings (SSSR count). The van der Waals surface area contributed by atoms with Crippen molar-refractivity contribution in [3.63, 3.8) is 0 Å². The number of Topliss-reactive ketones (excluding diaryl/α,β-unsaturated/α-hetero) is 3. The first-order valence-corrected chi connectivity index (χ1v) is 5.90. The fraction of sp³-hybridized carbons (Fsp3) is 0.400. The maximum atomic E-state index is 12.1. The Kier molecular flexibility index (Phi) is 4.17. The molecule has 0 fully saturated rings. The molecule has 1 aromatic rings. The molecule has 1 aromatic carbocycles. The van der Waals surface area contributed by atoms with Crippen LogP contribution < -0.4 is 0 Å². The Bertz CT molecular complexity index is 513.